The summed E-state index contributed by atoms with van der Waals surface area (Å²) in [5.74, 6) is -1.98. The molecule has 8 heteroatoms. The summed E-state index contributed by atoms with van der Waals surface area (Å²) in [7, 11) is 0. The van der Waals surface area contributed by atoms with Crippen molar-refractivity contribution >= 4 is 23.8 Å². The Kier molecular flexibility index (Phi) is 4.44. The number of imide groups is 1. The molecule has 2 aliphatic heterocycles. The first kappa shape index (κ1) is 15.3. The molecule has 0 radical (unpaired) electrons. The third-order valence-corrected chi connectivity index (χ3v) is 3.95. The van der Waals surface area contributed by atoms with Gasteiger partial charge in [-0.05, 0) is 26.2 Å². The number of carboxylic acids is 1. The van der Waals surface area contributed by atoms with E-state index in [2.05, 4.69) is 5.32 Å². The van der Waals surface area contributed by atoms with Crippen LogP contribution in [0.1, 0.15) is 32.6 Å². The van der Waals surface area contributed by atoms with Crippen LogP contribution in [0.3, 0.4) is 0 Å². The zero-order valence-corrected chi connectivity index (χ0v) is 11.9. The maximum absolute atomic E-state index is 12.6. The van der Waals surface area contributed by atoms with Crippen molar-refractivity contribution in [1.82, 2.24) is 15.1 Å². The first-order chi connectivity index (χ1) is 9.90. The van der Waals surface area contributed by atoms with Crippen molar-refractivity contribution in [2.24, 2.45) is 0 Å². The number of nitrogens with zero attached hydrogens (tertiary/aromatic N) is 2. The molecule has 2 N–H and O–H groups in total. The molecule has 0 bridgehead atoms. The molecule has 116 valence electrons. The number of piperidine rings is 1. The van der Waals surface area contributed by atoms with E-state index in [1.807, 2.05) is 0 Å². The molecular formula is C13H19N3O5. The Hall–Kier alpha value is -2.12. The molecule has 8 nitrogen and oxygen atoms in total. The lowest BCUT2D eigenvalue weighted by Crippen LogP contribution is -2.62. The summed E-state index contributed by atoms with van der Waals surface area (Å²) >= 11 is 0. The highest BCUT2D eigenvalue weighted by Gasteiger charge is 2.38. The molecule has 21 heavy (non-hydrogen) atoms. The highest BCUT2D eigenvalue weighted by Crippen LogP contribution is 2.22. The topological polar surface area (TPSA) is 107 Å². The average Bonchev–Trinajstić information content (AvgIpc) is 2.42. The van der Waals surface area contributed by atoms with Gasteiger partial charge in [0.25, 0.3) is 0 Å². The number of likely N-dealkylation sites (tertiary alicyclic amines) is 1. The maximum atomic E-state index is 12.6. The van der Waals surface area contributed by atoms with Gasteiger partial charge in [0.2, 0.25) is 11.8 Å². The van der Waals surface area contributed by atoms with E-state index in [-0.39, 0.29) is 19.0 Å². The van der Waals surface area contributed by atoms with E-state index >= 15 is 0 Å². The van der Waals surface area contributed by atoms with Crippen molar-refractivity contribution in [3.8, 4) is 0 Å². The lowest BCUT2D eigenvalue weighted by atomic mass is 9.99. The van der Waals surface area contributed by atoms with E-state index in [0.29, 0.717) is 13.0 Å². The Balaban J connectivity index is 2.14. The van der Waals surface area contributed by atoms with E-state index < -0.39 is 29.9 Å². The number of carbonyl (C=O) groups excluding carboxylic acids is 3. The number of rotatable bonds is 2. The molecule has 2 rings (SSSR count). The van der Waals surface area contributed by atoms with Gasteiger partial charge in [0.15, 0.2) is 0 Å². The van der Waals surface area contributed by atoms with E-state index in [4.69, 9.17) is 5.11 Å². The molecule has 2 fully saturated rings. The van der Waals surface area contributed by atoms with E-state index in [1.54, 1.807) is 6.92 Å². The number of hydrogen-bond donors (Lipinski definition) is 2. The largest absolute Gasteiger partial charge is 0.481 e. The van der Waals surface area contributed by atoms with Crippen LogP contribution in [-0.4, -0.2) is 63.9 Å². The van der Waals surface area contributed by atoms with Gasteiger partial charge in [-0.15, -0.1) is 0 Å². The van der Waals surface area contributed by atoms with Gasteiger partial charge in [-0.1, -0.05) is 0 Å². The van der Waals surface area contributed by atoms with Crippen LogP contribution in [0.2, 0.25) is 0 Å². The van der Waals surface area contributed by atoms with Gasteiger partial charge >= 0.3 is 12.0 Å². The molecule has 2 unspecified atom stereocenters. The maximum Gasteiger partial charge on any atom is 0.321 e. The van der Waals surface area contributed by atoms with Crippen molar-refractivity contribution in [3.05, 3.63) is 0 Å². The number of urea groups is 1. The molecule has 2 aliphatic rings. The molecule has 0 aromatic heterocycles. The second-order valence-corrected chi connectivity index (χ2v) is 5.44. The second kappa shape index (κ2) is 6.11. The smallest absolute Gasteiger partial charge is 0.321 e. The summed E-state index contributed by atoms with van der Waals surface area (Å²) in [4.78, 5) is 49.2. The van der Waals surface area contributed by atoms with Gasteiger partial charge in [-0.25, -0.2) is 4.79 Å². The highest BCUT2D eigenvalue weighted by molar-refractivity contribution is 6.03. The summed E-state index contributed by atoms with van der Waals surface area (Å²) in [5, 5.41) is 11.1. The molecule has 0 aromatic rings. The number of piperazine rings is 1. The monoisotopic (exact) mass is 297 g/mol. The van der Waals surface area contributed by atoms with Crippen molar-refractivity contribution in [2.75, 3.05) is 13.1 Å². The third-order valence-electron chi connectivity index (χ3n) is 3.95. The Morgan fingerprint density at radius 2 is 2.00 bits per heavy atom. The summed E-state index contributed by atoms with van der Waals surface area (Å²) in [6.07, 6.45) is 2.18. The summed E-state index contributed by atoms with van der Waals surface area (Å²) in [6.45, 7) is 1.83. The predicted molar refractivity (Wildman–Crippen MR) is 71.3 cm³/mol. The Morgan fingerprint density at radius 3 is 2.67 bits per heavy atom. The molecular weight excluding hydrogens is 278 g/mol. The zero-order chi connectivity index (χ0) is 15.6. The molecule has 2 heterocycles. The number of carbonyl (C=O) groups is 4. The normalized spacial score (nSPS) is 26.5. The zero-order valence-electron chi connectivity index (χ0n) is 11.9. The second-order valence-electron chi connectivity index (χ2n) is 5.44. The number of hydrogen-bond acceptors (Lipinski definition) is 4. The van der Waals surface area contributed by atoms with Crippen LogP contribution < -0.4 is 5.32 Å². The van der Waals surface area contributed by atoms with Crippen LogP contribution in [0.15, 0.2) is 0 Å². The van der Waals surface area contributed by atoms with E-state index in [0.717, 1.165) is 12.8 Å². The summed E-state index contributed by atoms with van der Waals surface area (Å²) in [6, 6.07) is -1.55. The lowest BCUT2D eigenvalue weighted by Gasteiger charge is -2.41. The predicted octanol–water partition coefficient (Wildman–Crippen LogP) is -0.217. The van der Waals surface area contributed by atoms with Gasteiger partial charge in [-0.2, -0.15) is 0 Å². The molecule has 0 saturated carbocycles. The highest BCUT2D eigenvalue weighted by atomic mass is 16.4. The van der Waals surface area contributed by atoms with E-state index in [1.165, 1.54) is 9.80 Å². The van der Waals surface area contributed by atoms with Gasteiger partial charge in [0.1, 0.15) is 12.6 Å². The Bertz CT molecular complexity index is 478. The molecule has 0 aliphatic carbocycles. The van der Waals surface area contributed by atoms with Crippen LogP contribution in [0.4, 0.5) is 4.79 Å². The van der Waals surface area contributed by atoms with Crippen LogP contribution >= 0.6 is 0 Å². The van der Waals surface area contributed by atoms with E-state index in [9.17, 15) is 19.2 Å². The van der Waals surface area contributed by atoms with Crippen molar-refractivity contribution in [3.63, 3.8) is 0 Å². The SMILES string of the molecule is CC1C(=O)NC(=O)CN1C(=O)N1CCCCC1CC(=O)O. The van der Waals surface area contributed by atoms with Crippen LogP contribution in [-0.2, 0) is 14.4 Å². The van der Waals surface area contributed by atoms with Crippen LogP contribution in [0.5, 0.6) is 0 Å². The fraction of sp³-hybridized carbons (Fsp3) is 0.692. The van der Waals surface area contributed by atoms with Crippen molar-refractivity contribution < 1.29 is 24.3 Å². The van der Waals surface area contributed by atoms with Crippen molar-refractivity contribution in [1.29, 1.82) is 0 Å². The Labute approximate surface area is 122 Å². The minimum Gasteiger partial charge on any atom is -0.481 e. The van der Waals surface area contributed by atoms with Gasteiger partial charge < -0.3 is 14.9 Å². The number of carboxylic acid groups (broad SMARTS) is 1. The third kappa shape index (κ3) is 3.32. The molecule has 0 spiro atoms. The summed E-state index contributed by atoms with van der Waals surface area (Å²) < 4.78 is 0. The summed E-state index contributed by atoms with van der Waals surface area (Å²) in [5.41, 5.74) is 0. The number of nitrogens with one attached hydrogen (secondary N) is 1. The fourth-order valence-corrected chi connectivity index (χ4v) is 2.78. The van der Waals surface area contributed by atoms with Crippen LogP contribution in [0.25, 0.3) is 0 Å². The van der Waals surface area contributed by atoms with Crippen LogP contribution in [0, 0.1) is 0 Å². The fourth-order valence-electron chi connectivity index (χ4n) is 2.78. The minimum absolute atomic E-state index is 0.117. The standard InChI is InChI=1S/C13H19N3O5/c1-8-12(20)14-10(17)7-16(8)13(21)15-5-3-2-4-9(15)6-11(18)19/h8-9H,2-7H2,1H3,(H,18,19)(H,14,17,20). The first-order valence-corrected chi connectivity index (χ1v) is 7.03. The van der Waals surface area contributed by atoms with Gasteiger partial charge in [0, 0.05) is 12.6 Å². The van der Waals surface area contributed by atoms with Crippen molar-refractivity contribution in [2.45, 2.75) is 44.7 Å². The molecule has 0 aromatic carbocycles. The number of aliphatic carboxylic acids is 1. The number of amides is 4. The minimum atomic E-state index is -0.958. The average molecular weight is 297 g/mol. The molecule has 2 saturated heterocycles. The van der Waals surface area contributed by atoms with Gasteiger partial charge in [0.05, 0.1) is 6.42 Å². The molecule has 2 atom stereocenters. The lowest BCUT2D eigenvalue weighted by molar-refractivity contribution is -0.140. The Morgan fingerprint density at radius 1 is 1.29 bits per heavy atom. The molecule has 4 amide bonds. The van der Waals surface area contributed by atoms with Gasteiger partial charge in [-0.3, -0.25) is 19.7 Å². The quantitative estimate of drug-likeness (QED) is 0.685. The first-order valence-electron chi connectivity index (χ1n) is 7.03.